The minimum Gasteiger partial charge on any atom is -0.481 e. The molecule has 24 heavy (non-hydrogen) atoms. The van der Waals surface area contributed by atoms with E-state index in [0.29, 0.717) is 0 Å². The topological polar surface area (TPSA) is 41.6 Å². The second-order valence-electron chi connectivity index (χ2n) is 7.01. The molecule has 0 unspecified atom stereocenters. The minimum absolute atomic E-state index is 0.0350. The fraction of sp³-hybridized carbons (Fsp3) is 0.650. The smallest absolute Gasteiger partial charge is 0.260 e. The van der Waals surface area contributed by atoms with E-state index in [0.717, 1.165) is 36.4 Å². The highest BCUT2D eigenvalue weighted by atomic mass is 16.5. The van der Waals surface area contributed by atoms with Crippen molar-refractivity contribution in [3.63, 3.8) is 0 Å². The molecule has 0 bridgehead atoms. The van der Waals surface area contributed by atoms with Gasteiger partial charge in [-0.2, -0.15) is 0 Å². The molecule has 134 valence electrons. The molecule has 2 rings (SSSR count). The van der Waals surface area contributed by atoms with Crippen molar-refractivity contribution in [1.82, 2.24) is 10.2 Å². The first-order valence-corrected chi connectivity index (χ1v) is 9.22. The van der Waals surface area contributed by atoms with Crippen LogP contribution in [0.2, 0.25) is 0 Å². The highest BCUT2D eigenvalue weighted by molar-refractivity contribution is 5.80. The number of hydrogen-bond donors (Lipinski definition) is 1. The van der Waals surface area contributed by atoms with E-state index >= 15 is 0 Å². The Morgan fingerprint density at radius 1 is 1.21 bits per heavy atom. The number of benzene rings is 1. The van der Waals surface area contributed by atoms with Gasteiger partial charge in [0.05, 0.1) is 0 Å². The number of hydrogen-bond acceptors (Lipinski definition) is 3. The Balaban J connectivity index is 1.74. The first-order valence-electron chi connectivity index (χ1n) is 9.22. The van der Waals surface area contributed by atoms with Crippen LogP contribution in [-0.4, -0.2) is 43.1 Å². The number of likely N-dealkylation sites (tertiary alicyclic amines) is 1. The number of rotatable bonds is 7. The van der Waals surface area contributed by atoms with Crippen LogP contribution in [0.3, 0.4) is 0 Å². The van der Waals surface area contributed by atoms with Gasteiger partial charge in [0, 0.05) is 6.54 Å². The van der Waals surface area contributed by atoms with Gasteiger partial charge in [0.15, 0.2) is 6.10 Å². The lowest BCUT2D eigenvalue weighted by molar-refractivity contribution is -0.127. The summed E-state index contributed by atoms with van der Waals surface area (Å²) in [4.78, 5) is 14.7. The zero-order valence-electron chi connectivity index (χ0n) is 15.7. The molecule has 1 aromatic carbocycles. The third-order valence-electron chi connectivity index (χ3n) is 4.84. The molecule has 4 heteroatoms. The second-order valence-corrected chi connectivity index (χ2v) is 7.01. The average Bonchev–Trinajstić information content (AvgIpc) is 2.56. The van der Waals surface area contributed by atoms with Crippen LogP contribution in [0.5, 0.6) is 5.75 Å². The Bertz CT molecular complexity index is 551. The summed E-state index contributed by atoms with van der Waals surface area (Å²) in [7, 11) is 0. The highest BCUT2D eigenvalue weighted by Gasteiger charge is 2.16. The summed E-state index contributed by atoms with van der Waals surface area (Å²) in [6, 6.07) is 4.13. The monoisotopic (exact) mass is 332 g/mol. The Morgan fingerprint density at radius 2 is 1.92 bits per heavy atom. The fourth-order valence-corrected chi connectivity index (χ4v) is 3.21. The second kappa shape index (κ2) is 9.07. The first kappa shape index (κ1) is 18.8. The highest BCUT2D eigenvalue weighted by Crippen LogP contribution is 2.24. The normalized spacial score (nSPS) is 16.7. The van der Waals surface area contributed by atoms with E-state index in [-0.39, 0.29) is 5.91 Å². The summed E-state index contributed by atoms with van der Waals surface area (Å²) in [5.74, 6) is 0.774. The third kappa shape index (κ3) is 5.52. The Kier molecular flexibility index (Phi) is 7.10. The van der Waals surface area contributed by atoms with Crippen LogP contribution in [0.4, 0.5) is 0 Å². The van der Waals surface area contributed by atoms with E-state index in [2.05, 4.69) is 23.2 Å². The quantitative estimate of drug-likeness (QED) is 0.778. The molecule has 0 aromatic heterocycles. The van der Waals surface area contributed by atoms with Crippen molar-refractivity contribution >= 4 is 5.91 Å². The van der Waals surface area contributed by atoms with Crippen LogP contribution < -0.4 is 10.1 Å². The number of carbonyl (C=O) groups is 1. The van der Waals surface area contributed by atoms with Crippen LogP contribution in [0.1, 0.15) is 49.3 Å². The lowest BCUT2D eigenvalue weighted by Gasteiger charge is -2.26. The standard InChI is InChI=1S/C20H32N2O2/c1-15-13-16(2)17(3)19(14-15)24-18(4)20(23)21-9-8-12-22-10-6-5-7-11-22/h13-14,18H,5-12H2,1-4H3,(H,21,23)/t18-/m1/s1. The molecule has 0 spiro atoms. The minimum atomic E-state index is -0.472. The van der Waals surface area contributed by atoms with Crippen molar-refractivity contribution < 1.29 is 9.53 Å². The summed E-state index contributed by atoms with van der Waals surface area (Å²) in [6.07, 6.45) is 4.51. The van der Waals surface area contributed by atoms with Gasteiger partial charge in [0.25, 0.3) is 5.91 Å². The zero-order valence-corrected chi connectivity index (χ0v) is 15.7. The van der Waals surface area contributed by atoms with Crippen molar-refractivity contribution in [2.75, 3.05) is 26.2 Å². The maximum atomic E-state index is 12.2. The Hall–Kier alpha value is -1.55. The third-order valence-corrected chi connectivity index (χ3v) is 4.84. The molecule has 1 fully saturated rings. The van der Waals surface area contributed by atoms with Crippen LogP contribution in [0, 0.1) is 20.8 Å². The number of aryl methyl sites for hydroxylation is 2. The number of nitrogens with one attached hydrogen (secondary N) is 1. The number of amides is 1. The summed E-state index contributed by atoms with van der Waals surface area (Å²) in [5.41, 5.74) is 3.45. The Morgan fingerprint density at radius 3 is 2.62 bits per heavy atom. The van der Waals surface area contributed by atoms with Gasteiger partial charge in [-0.15, -0.1) is 0 Å². The molecule has 1 aromatic rings. The summed E-state index contributed by atoms with van der Waals surface area (Å²) >= 11 is 0. The first-order chi connectivity index (χ1) is 11.5. The maximum absolute atomic E-state index is 12.2. The van der Waals surface area contributed by atoms with Crippen molar-refractivity contribution in [3.8, 4) is 5.75 Å². The largest absolute Gasteiger partial charge is 0.481 e. The maximum Gasteiger partial charge on any atom is 0.260 e. The summed E-state index contributed by atoms with van der Waals surface area (Å²) in [6.45, 7) is 12.2. The molecule has 1 saturated heterocycles. The molecule has 1 N–H and O–H groups in total. The van der Waals surface area contributed by atoms with Gasteiger partial charge in [0.2, 0.25) is 0 Å². The van der Waals surface area contributed by atoms with Crippen LogP contribution >= 0.6 is 0 Å². The molecule has 1 heterocycles. The predicted molar refractivity (Wildman–Crippen MR) is 98.7 cm³/mol. The van der Waals surface area contributed by atoms with Crippen molar-refractivity contribution in [1.29, 1.82) is 0 Å². The van der Waals surface area contributed by atoms with Gasteiger partial charge in [-0.3, -0.25) is 4.79 Å². The van der Waals surface area contributed by atoms with E-state index in [1.165, 1.54) is 37.9 Å². The molecule has 0 saturated carbocycles. The van der Waals surface area contributed by atoms with Gasteiger partial charge in [-0.05, 0) is 89.3 Å². The lowest BCUT2D eigenvalue weighted by Crippen LogP contribution is -2.38. The van der Waals surface area contributed by atoms with Crippen molar-refractivity contribution in [3.05, 3.63) is 28.8 Å². The van der Waals surface area contributed by atoms with Gasteiger partial charge in [-0.1, -0.05) is 12.5 Å². The molecule has 1 amide bonds. The number of piperidine rings is 1. The summed E-state index contributed by atoms with van der Waals surface area (Å²) in [5, 5.41) is 3.00. The van der Waals surface area contributed by atoms with E-state index in [4.69, 9.17) is 4.74 Å². The van der Waals surface area contributed by atoms with E-state index in [1.807, 2.05) is 26.8 Å². The van der Waals surface area contributed by atoms with Gasteiger partial charge in [0.1, 0.15) is 5.75 Å². The van der Waals surface area contributed by atoms with Crippen molar-refractivity contribution in [2.45, 2.75) is 59.5 Å². The van der Waals surface area contributed by atoms with Gasteiger partial charge >= 0.3 is 0 Å². The average molecular weight is 332 g/mol. The van der Waals surface area contributed by atoms with E-state index in [1.54, 1.807) is 0 Å². The molecule has 0 aliphatic carbocycles. The van der Waals surface area contributed by atoms with Crippen LogP contribution in [-0.2, 0) is 4.79 Å². The van der Waals surface area contributed by atoms with Crippen molar-refractivity contribution in [2.24, 2.45) is 0 Å². The number of carbonyl (C=O) groups excluding carboxylic acids is 1. The molecular weight excluding hydrogens is 300 g/mol. The van der Waals surface area contributed by atoms with Crippen LogP contribution in [0.25, 0.3) is 0 Å². The molecular formula is C20H32N2O2. The van der Waals surface area contributed by atoms with E-state index in [9.17, 15) is 4.79 Å². The van der Waals surface area contributed by atoms with Gasteiger partial charge < -0.3 is 15.0 Å². The summed E-state index contributed by atoms with van der Waals surface area (Å²) < 4.78 is 5.89. The zero-order chi connectivity index (χ0) is 17.5. The Labute approximate surface area is 146 Å². The molecule has 4 nitrogen and oxygen atoms in total. The molecule has 1 atom stereocenters. The molecule has 1 aliphatic rings. The molecule has 1 aliphatic heterocycles. The van der Waals surface area contributed by atoms with E-state index < -0.39 is 6.10 Å². The fourth-order valence-electron chi connectivity index (χ4n) is 3.21. The van der Waals surface area contributed by atoms with Gasteiger partial charge in [-0.25, -0.2) is 0 Å². The lowest BCUT2D eigenvalue weighted by atomic mass is 10.1. The molecule has 0 radical (unpaired) electrons. The number of ether oxygens (including phenoxy) is 1. The predicted octanol–water partition coefficient (Wildman–Crippen LogP) is 3.37. The SMILES string of the molecule is Cc1cc(C)c(C)c(O[C@H](C)C(=O)NCCCN2CCCCC2)c1. The van der Waals surface area contributed by atoms with Crippen LogP contribution in [0.15, 0.2) is 12.1 Å². The number of nitrogens with zero attached hydrogens (tertiary/aromatic N) is 1.